The molecule has 0 nitrogen and oxygen atoms in total. The highest BCUT2D eigenvalue weighted by Crippen LogP contribution is 2.35. The van der Waals surface area contributed by atoms with Gasteiger partial charge in [-0.25, -0.2) is 0 Å². The third kappa shape index (κ3) is 3.83. The van der Waals surface area contributed by atoms with Crippen LogP contribution in [0.25, 0.3) is 43.1 Å². The number of fused-ring (bicyclic) bond motifs is 4. The standard InChI is InChI=1S/C33H27Cl/c34-18-17-23(19-32-28-13-5-1-9-24(28)21-25-10-2-6-14-29(25)32)20-33-30-15-7-3-11-26(30)22-27-12-4-8-16-31(27)33/h1-16,21-23H,17-20H2. The Balaban J connectivity index is 1.50. The molecule has 0 aliphatic heterocycles. The average molecular weight is 459 g/mol. The summed E-state index contributed by atoms with van der Waals surface area (Å²) in [6.45, 7) is 0. The van der Waals surface area contributed by atoms with E-state index in [0.29, 0.717) is 11.8 Å². The van der Waals surface area contributed by atoms with Crippen molar-refractivity contribution in [1.29, 1.82) is 0 Å². The van der Waals surface area contributed by atoms with Gasteiger partial charge in [0.25, 0.3) is 0 Å². The first-order valence-corrected chi connectivity index (χ1v) is 12.7. The lowest BCUT2D eigenvalue weighted by atomic mass is 9.83. The zero-order valence-corrected chi connectivity index (χ0v) is 19.9. The molecule has 0 aromatic heterocycles. The van der Waals surface area contributed by atoms with Crippen LogP contribution in [0.15, 0.2) is 109 Å². The number of rotatable bonds is 6. The number of hydrogen-bond acceptors (Lipinski definition) is 0. The molecule has 0 unspecified atom stereocenters. The van der Waals surface area contributed by atoms with Gasteiger partial charge in [-0.2, -0.15) is 0 Å². The molecule has 0 heterocycles. The van der Waals surface area contributed by atoms with Gasteiger partial charge in [-0.15, -0.1) is 11.6 Å². The highest BCUT2D eigenvalue weighted by molar-refractivity contribution is 6.17. The fraction of sp³-hybridized carbons (Fsp3) is 0.152. The Morgan fingerprint density at radius 2 is 0.794 bits per heavy atom. The van der Waals surface area contributed by atoms with E-state index in [4.69, 9.17) is 11.6 Å². The van der Waals surface area contributed by atoms with E-state index in [-0.39, 0.29) is 0 Å². The van der Waals surface area contributed by atoms with Crippen molar-refractivity contribution in [3.05, 3.63) is 120 Å². The fourth-order valence-electron chi connectivity index (χ4n) is 5.66. The second-order valence-corrected chi connectivity index (χ2v) is 9.72. The lowest BCUT2D eigenvalue weighted by Crippen LogP contribution is -2.11. The van der Waals surface area contributed by atoms with E-state index < -0.39 is 0 Å². The first kappa shape index (κ1) is 21.2. The smallest absolute Gasteiger partial charge is 0.0226 e. The van der Waals surface area contributed by atoms with Gasteiger partial charge in [-0.3, -0.25) is 0 Å². The van der Waals surface area contributed by atoms with Crippen LogP contribution in [0.5, 0.6) is 0 Å². The first-order chi connectivity index (χ1) is 16.8. The van der Waals surface area contributed by atoms with Gasteiger partial charge in [0, 0.05) is 5.88 Å². The minimum absolute atomic E-state index is 0.459. The molecule has 34 heavy (non-hydrogen) atoms. The van der Waals surface area contributed by atoms with E-state index in [1.807, 2.05) is 0 Å². The summed E-state index contributed by atoms with van der Waals surface area (Å²) < 4.78 is 0. The van der Waals surface area contributed by atoms with E-state index in [1.165, 1.54) is 54.2 Å². The Kier molecular flexibility index (Phi) is 5.69. The molecular weight excluding hydrogens is 432 g/mol. The average Bonchev–Trinajstić information content (AvgIpc) is 2.88. The number of hydrogen-bond donors (Lipinski definition) is 0. The van der Waals surface area contributed by atoms with Gasteiger partial charge in [0.05, 0.1) is 0 Å². The van der Waals surface area contributed by atoms with Crippen LogP contribution in [0, 0.1) is 5.92 Å². The quantitative estimate of drug-likeness (QED) is 0.172. The Bertz CT molecular complexity index is 1400. The largest absolute Gasteiger partial charge is 0.127 e. The zero-order valence-electron chi connectivity index (χ0n) is 19.2. The van der Waals surface area contributed by atoms with Crippen molar-refractivity contribution in [3.63, 3.8) is 0 Å². The topological polar surface area (TPSA) is 0 Å². The van der Waals surface area contributed by atoms with Crippen LogP contribution in [0.4, 0.5) is 0 Å². The van der Waals surface area contributed by atoms with Crippen LogP contribution < -0.4 is 0 Å². The molecule has 0 aliphatic rings. The predicted octanol–water partition coefficient (Wildman–Crippen LogP) is 9.33. The van der Waals surface area contributed by atoms with Crippen LogP contribution in [-0.2, 0) is 12.8 Å². The molecule has 6 rings (SSSR count). The van der Waals surface area contributed by atoms with E-state index in [0.717, 1.165) is 19.3 Å². The van der Waals surface area contributed by atoms with Gasteiger partial charge in [0.15, 0.2) is 0 Å². The SMILES string of the molecule is ClCCC(Cc1c2ccccc2cc2ccccc12)Cc1c2ccccc2cc2ccccc12. The monoisotopic (exact) mass is 458 g/mol. The van der Waals surface area contributed by atoms with Crippen LogP contribution in [-0.4, -0.2) is 5.88 Å². The fourth-order valence-corrected chi connectivity index (χ4v) is 5.97. The van der Waals surface area contributed by atoms with Gasteiger partial charge in [0.1, 0.15) is 0 Å². The molecule has 0 saturated heterocycles. The summed E-state index contributed by atoms with van der Waals surface area (Å²) in [5.74, 6) is 1.14. The van der Waals surface area contributed by atoms with Crippen molar-refractivity contribution in [2.45, 2.75) is 19.3 Å². The van der Waals surface area contributed by atoms with Crippen LogP contribution >= 0.6 is 11.6 Å². The third-order valence-electron chi connectivity index (χ3n) is 7.27. The summed E-state index contributed by atoms with van der Waals surface area (Å²) in [6, 6.07) is 39.9. The molecule has 6 aromatic carbocycles. The van der Waals surface area contributed by atoms with Gasteiger partial charge in [0.2, 0.25) is 0 Å². The summed E-state index contributed by atoms with van der Waals surface area (Å²) in [7, 11) is 0. The molecule has 0 N–H and O–H groups in total. The summed E-state index contributed by atoms with van der Waals surface area (Å²) in [5.41, 5.74) is 2.90. The van der Waals surface area contributed by atoms with Gasteiger partial charge < -0.3 is 0 Å². The summed E-state index contributed by atoms with van der Waals surface area (Å²) >= 11 is 6.40. The van der Waals surface area contributed by atoms with Crippen molar-refractivity contribution < 1.29 is 0 Å². The highest BCUT2D eigenvalue weighted by Gasteiger charge is 2.18. The maximum absolute atomic E-state index is 6.40. The lowest BCUT2D eigenvalue weighted by molar-refractivity contribution is 0.513. The normalized spacial score (nSPS) is 11.8. The summed E-state index contributed by atoms with van der Waals surface area (Å²) in [6.07, 6.45) is 3.04. The molecule has 0 radical (unpaired) electrons. The van der Waals surface area contributed by atoms with Crippen LogP contribution in [0.1, 0.15) is 17.5 Å². The van der Waals surface area contributed by atoms with E-state index in [9.17, 15) is 0 Å². The van der Waals surface area contributed by atoms with Crippen molar-refractivity contribution in [2.75, 3.05) is 5.88 Å². The first-order valence-electron chi connectivity index (χ1n) is 12.2. The summed E-state index contributed by atoms with van der Waals surface area (Å²) in [5, 5.41) is 10.7. The second-order valence-electron chi connectivity index (χ2n) is 9.35. The molecule has 166 valence electrons. The van der Waals surface area contributed by atoms with Gasteiger partial charge in [-0.05, 0) is 91.5 Å². The van der Waals surface area contributed by atoms with Crippen LogP contribution in [0.3, 0.4) is 0 Å². The minimum Gasteiger partial charge on any atom is -0.127 e. The van der Waals surface area contributed by atoms with Crippen molar-refractivity contribution in [2.24, 2.45) is 5.92 Å². The number of benzene rings is 6. The molecule has 0 bridgehead atoms. The van der Waals surface area contributed by atoms with Crippen molar-refractivity contribution in [3.8, 4) is 0 Å². The maximum atomic E-state index is 6.40. The van der Waals surface area contributed by atoms with Crippen molar-refractivity contribution in [1.82, 2.24) is 0 Å². The molecule has 0 atom stereocenters. The van der Waals surface area contributed by atoms with Crippen molar-refractivity contribution >= 4 is 54.7 Å². The summed E-state index contributed by atoms with van der Waals surface area (Å²) in [4.78, 5) is 0. The number of halogens is 1. The minimum atomic E-state index is 0.459. The van der Waals surface area contributed by atoms with E-state index in [2.05, 4.69) is 109 Å². The maximum Gasteiger partial charge on any atom is 0.0226 e. The van der Waals surface area contributed by atoms with Gasteiger partial charge >= 0.3 is 0 Å². The molecule has 6 aromatic rings. The zero-order chi connectivity index (χ0) is 22.9. The molecular formula is C33H27Cl. The third-order valence-corrected chi connectivity index (χ3v) is 7.49. The Hall–Kier alpha value is -3.35. The highest BCUT2D eigenvalue weighted by atomic mass is 35.5. The van der Waals surface area contributed by atoms with E-state index in [1.54, 1.807) is 0 Å². The second kappa shape index (κ2) is 9.12. The lowest BCUT2D eigenvalue weighted by Gasteiger charge is -2.21. The molecule has 0 amide bonds. The Labute approximate surface area is 205 Å². The molecule has 0 aliphatic carbocycles. The molecule has 0 spiro atoms. The van der Waals surface area contributed by atoms with Crippen LogP contribution in [0.2, 0.25) is 0 Å². The number of alkyl halides is 1. The van der Waals surface area contributed by atoms with E-state index >= 15 is 0 Å². The van der Waals surface area contributed by atoms with Gasteiger partial charge in [-0.1, -0.05) is 97.1 Å². The molecule has 0 saturated carbocycles. The molecule has 1 heteroatoms. The molecule has 0 fully saturated rings. The Morgan fingerprint density at radius 1 is 0.471 bits per heavy atom. The Morgan fingerprint density at radius 3 is 1.12 bits per heavy atom. The predicted molar refractivity (Wildman–Crippen MR) is 149 cm³/mol.